The lowest BCUT2D eigenvalue weighted by Crippen LogP contribution is -2.36. The van der Waals surface area contributed by atoms with Crippen molar-refractivity contribution in [2.45, 2.75) is 19.6 Å². The predicted octanol–water partition coefficient (Wildman–Crippen LogP) is 0.976. The molecule has 9 nitrogen and oxygen atoms in total. The second-order valence-corrected chi connectivity index (χ2v) is 5.71. The van der Waals surface area contributed by atoms with Gasteiger partial charge in [0, 0.05) is 43.9 Å². The molecule has 0 aliphatic carbocycles. The summed E-state index contributed by atoms with van der Waals surface area (Å²) in [5, 5.41) is 8.14. The van der Waals surface area contributed by atoms with Gasteiger partial charge in [-0.2, -0.15) is 5.10 Å². The topological polar surface area (TPSA) is 99.2 Å². The number of carbonyl (C=O) groups is 1. The SMILES string of the molecule is Cn1nc(COc2cncnc2)c2c1CCN(C(=O)c1ccno1)C2. The van der Waals surface area contributed by atoms with Crippen molar-refractivity contribution in [3.8, 4) is 5.75 Å². The van der Waals surface area contributed by atoms with Gasteiger partial charge >= 0.3 is 0 Å². The second-order valence-electron chi connectivity index (χ2n) is 5.71. The van der Waals surface area contributed by atoms with E-state index in [1.165, 1.54) is 12.5 Å². The lowest BCUT2D eigenvalue weighted by Gasteiger charge is -2.26. The third-order valence-corrected chi connectivity index (χ3v) is 4.17. The Morgan fingerprint density at radius 3 is 2.96 bits per heavy atom. The van der Waals surface area contributed by atoms with Crippen molar-refractivity contribution < 1.29 is 14.1 Å². The summed E-state index contributed by atoms with van der Waals surface area (Å²) in [6, 6.07) is 1.57. The molecule has 0 unspecified atom stereocenters. The van der Waals surface area contributed by atoms with Crippen molar-refractivity contribution in [1.82, 2.24) is 29.8 Å². The second kappa shape index (κ2) is 6.34. The summed E-state index contributed by atoms with van der Waals surface area (Å²) in [6.07, 6.45) is 6.84. The minimum Gasteiger partial charge on any atom is -0.484 e. The quantitative estimate of drug-likeness (QED) is 0.698. The summed E-state index contributed by atoms with van der Waals surface area (Å²) in [4.78, 5) is 22.1. The van der Waals surface area contributed by atoms with Crippen LogP contribution in [0.25, 0.3) is 0 Å². The summed E-state index contributed by atoms with van der Waals surface area (Å²) in [5.41, 5.74) is 2.93. The van der Waals surface area contributed by atoms with E-state index in [9.17, 15) is 4.79 Å². The van der Waals surface area contributed by atoms with Crippen LogP contribution in [0.1, 0.15) is 27.5 Å². The molecule has 128 valence electrons. The van der Waals surface area contributed by atoms with E-state index in [-0.39, 0.29) is 11.7 Å². The third kappa shape index (κ3) is 2.95. The molecular formula is C16H16N6O3. The Hall–Kier alpha value is -3.23. The number of rotatable bonds is 4. The molecule has 3 aromatic rings. The number of fused-ring (bicyclic) bond motifs is 1. The molecule has 0 spiro atoms. The van der Waals surface area contributed by atoms with Crippen LogP contribution in [0, 0.1) is 0 Å². The molecule has 0 saturated carbocycles. The van der Waals surface area contributed by atoms with Gasteiger partial charge in [0.15, 0.2) is 5.75 Å². The Labute approximate surface area is 143 Å². The van der Waals surface area contributed by atoms with Crippen molar-refractivity contribution in [2.24, 2.45) is 7.05 Å². The molecule has 0 bridgehead atoms. The number of amides is 1. The molecule has 0 atom stereocenters. The van der Waals surface area contributed by atoms with Crippen molar-refractivity contribution in [1.29, 1.82) is 0 Å². The van der Waals surface area contributed by atoms with E-state index < -0.39 is 0 Å². The van der Waals surface area contributed by atoms with E-state index in [1.54, 1.807) is 23.4 Å². The van der Waals surface area contributed by atoms with Gasteiger partial charge < -0.3 is 14.2 Å². The standard InChI is InChI=1S/C16H16N6O3/c1-21-14-3-5-22(16(23)15-2-4-19-25-15)8-12(14)13(20-21)9-24-11-6-17-10-18-7-11/h2,4,6-7,10H,3,5,8-9H2,1H3. The predicted molar refractivity (Wildman–Crippen MR) is 84.5 cm³/mol. The molecule has 1 amide bonds. The Kier molecular flexibility index (Phi) is 3.88. The maximum atomic E-state index is 12.5. The first kappa shape index (κ1) is 15.3. The first-order chi connectivity index (χ1) is 12.2. The Balaban J connectivity index is 1.53. The molecule has 9 heteroatoms. The molecule has 0 fully saturated rings. The van der Waals surface area contributed by atoms with Crippen LogP contribution in [0.5, 0.6) is 5.75 Å². The molecular weight excluding hydrogens is 324 g/mol. The van der Waals surface area contributed by atoms with Crippen LogP contribution in [0.2, 0.25) is 0 Å². The van der Waals surface area contributed by atoms with E-state index in [0.717, 1.165) is 23.4 Å². The van der Waals surface area contributed by atoms with Gasteiger partial charge in [0.2, 0.25) is 5.76 Å². The first-order valence-corrected chi connectivity index (χ1v) is 7.84. The molecule has 0 aromatic carbocycles. The molecule has 1 aliphatic heterocycles. The summed E-state index contributed by atoms with van der Waals surface area (Å²) < 4.78 is 12.5. The Morgan fingerprint density at radius 2 is 2.20 bits per heavy atom. The summed E-state index contributed by atoms with van der Waals surface area (Å²) >= 11 is 0. The van der Waals surface area contributed by atoms with E-state index in [1.807, 2.05) is 11.7 Å². The molecule has 25 heavy (non-hydrogen) atoms. The average molecular weight is 340 g/mol. The molecule has 4 heterocycles. The van der Waals surface area contributed by atoms with Crippen molar-refractivity contribution >= 4 is 5.91 Å². The molecule has 3 aromatic heterocycles. The maximum absolute atomic E-state index is 12.5. The summed E-state index contributed by atoms with van der Waals surface area (Å²) in [7, 11) is 1.90. The molecule has 1 aliphatic rings. The highest BCUT2D eigenvalue weighted by molar-refractivity contribution is 5.91. The van der Waals surface area contributed by atoms with Gasteiger partial charge in [-0.25, -0.2) is 9.97 Å². The molecule has 0 N–H and O–H groups in total. The number of nitrogens with zero attached hydrogens (tertiary/aromatic N) is 6. The number of hydrogen-bond acceptors (Lipinski definition) is 7. The van der Waals surface area contributed by atoms with Crippen molar-refractivity contribution in [3.63, 3.8) is 0 Å². The zero-order valence-corrected chi connectivity index (χ0v) is 13.6. The third-order valence-electron chi connectivity index (χ3n) is 4.17. The smallest absolute Gasteiger partial charge is 0.292 e. The van der Waals surface area contributed by atoms with Gasteiger partial charge in [-0.15, -0.1) is 0 Å². The largest absolute Gasteiger partial charge is 0.484 e. The lowest BCUT2D eigenvalue weighted by atomic mass is 10.0. The Morgan fingerprint density at radius 1 is 1.36 bits per heavy atom. The van der Waals surface area contributed by atoms with Gasteiger partial charge in [0.25, 0.3) is 5.91 Å². The highest BCUT2D eigenvalue weighted by Gasteiger charge is 2.28. The number of carbonyl (C=O) groups excluding carboxylic acids is 1. The summed E-state index contributed by atoms with van der Waals surface area (Å²) in [6.45, 7) is 1.37. The monoisotopic (exact) mass is 340 g/mol. The minimum absolute atomic E-state index is 0.171. The first-order valence-electron chi connectivity index (χ1n) is 7.84. The normalized spacial score (nSPS) is 13.6. The summed E-state index contributed by atoms with van der Waals surface area (Å²) in [5.74, 6) is 0.647. The fraction of sp³-hybridized carbons (Fsp3) is 0.312. The fourth-order valence-electron chi connectivity index (χ4n) is 2.95. The zero-order valence-electron chi connectivity index (χ0n) is 13.6. The van der Waals surface area contributed by atoms with E-state index >= 15 is 0 Å². The highest BCUT2D eigenvalue weighted by Crippen LogP contribution is 2.24. The van der Waals surface area contributed by atoms with E-state index in [2.05, 4.69) is 20.2 Å². The van der Waals surface area contributed by atoms with E-state index in [0.29, 0.717) is 25.4 Å². The van der Waals surface area contributed by atoms with Crippen LogP contribution < -0.4 is 4.74 Å². The van der Waals surface area contributed by atoms with Gasteiger partial charge in [-0.05, 0) is 0 Å². The van der Waals surface area contributed by atoms with Gasteiger partial charge in [-0.1, -0.05) is 5.16 Å². The number of aromatic nitrogens is 5. The molecule has 0 saturated heterocycles. The number of aryl methyl sites for hydroxylation is 1. The van der Waals surface area contributed by atoms with Crippen LogP contribution >= 0.6 is 0 Å². The number of hydrogen-bond donors (Lipinski definition) is 0. The lowest BCUT2D eigenvalue weighted by molar-refractivity contribution is 0.0690. The van der Waals surface area contributed by atoms with Gasteiger partial charge in [0.1, 0.15) is 18.6 Å². The highest BCUT2D eigenvalue weighted by atomic mass is 16.5. The van der Waals surface area contributed by atoms with E-state index in [4.69, 9.17) is 9.26 Å². The van der Waals surface area contributed by atoms with Crippen LogP contribution in [0.3, 0.4) is 0 Å². The van der Waals surface area contributed by atoms with Crippen LogP contribution in [-0.4, -0.2) is 42.3 Å². The van der Waals surface area contributed by atoms with Crippen LogP contribution in [0.4, 0.5) is 0 Å². The van der Waals surface area contributed by atoms with Crippen LogP contribution in [-0.2, 0) is 26.6 Å². The van der Waals surface area contributed by atoms with Gasteiger partial charge in [-0.3, -0.25) is 9.48 Å². The minimum atomic E-state index is -0.171. The van der Waals surface area contributed by atoms with Gasteiger partial charge in [0.05, 0.1) is 18.6 Å². The van der Waals surface area contributed by atoms with Crippen LogP contribution in [0.15, 0.2) is 35.5 Å². The maximum Gasteiger partial charge on any atom is 0.292 e. The van der Waals surface area contributed by atoms with Crippen molar-refractivity contribution in [3.05, 3.63) is 53.7 Å². The zero-order chi connectivity index (χ0) is 17.2. The Bertz CT molecular complexity index is 875. The molecule has 4 rings (SSSR count). The fourth-order valence-corrected chi connectivity index (χ4v) is 2.95. The van der Waals surface area contributed by atoms with Crippen molar-refractivity contribution in [2.75, 3.05) is 6.54 Å². The average Bonchev–Trinajstić information content (AvgIpc) is 3.29. The number of ether oxygens (including phenoxy) is 1. The molecule has 0 radical (unpaired) electrons.